The molecule has 6 nitrogen and oxygen atoms in total. The van der Waals surface area contributed by atoms with Crippen molar-refractivity contribution in [3.05, 3.63) is 71.1 Å². The molecule has 0 atom stereocenters. The van der Waals surface area contributed by atoms with Crippen molar-refractivity contribution < 1.29 is 4.79 Å². The molecule has 7 heteroatoms. The van der Waals surface area contributed by atoms with Gasteiger partial charge < -0.3 is 10.3 Å². The van der Waals surface area contributed by atoms with Gasteiger partial charge in [0.1, 0.15) is 5.82 Å². The first-order chi connectivity index (χ1) is 12.6. The van der Waals surface area contributed by atoms with E-state index in [1.165, 1.54) is 0 Å². The number of aromatic nitrogens is 4. The highest BCUT2D eigenvalue weighted by Crippen LogP contribution is 2.22. The predicted molar refractivity (Wildman–Crippen MR) is 101 cm³/mol. The van der Waals surface area contributed by atoms with Crippen molar-refractivity contribution in [2.45, 2.75) is 6.92 Å². The molecule has 1 amide bonds. The molecule has 0 fully saturated rings. The molecule has 1 aromatic carbocycles. The van der Waals surface area contributed by atoms with Gasteiger partial charge in [-0.05, 0) is 37.3 Å². The van der Waals surface area contributed by atoms with Crippen LogP contribution in [0.1, 0.15) is 16.1 Å². The van der Waals surface area contributed by atoms with Crippen molar-refractivity contribution in [3.8, 4) is 11.4 Å². The van der Waals surface area contributed by atoms with Crippen molar-refractivity contribution in [1.29, 1.82) is 0 Å². The molecule has 4 aromatic rings. The number of carbonyl (C=O) groups excluding carboxylic acids is 1. The SMILES string of the molecule is Cc1cc(-c2nc3ncc(NC(=O)c4ccccc4Cl)cc3[nH]2)ccn1. The summed E-state index contributed by atoms with van der Waals surface area (Å²) in [6, 6.07) is 12.5. The highest BCUT2D eigenvalue weighted by molar-refractivity contribution is 6.34. The van der Waals surface area contributed by atoms with E-state index in [1.54, 1.807) is 42.7 Å². The molecule has 4 rings (SSSR count). The molecule has 128 valence electrons. The van der Waals surface area contributed by atoms with Crippen LogP contribution < -0.4 is 5.32 Å². The molecule has 3 aromatic heterocycles. The van der Waals surface area contributed by atoms with Crippen LogP contribution in [0.3, 0.4) is 0 Å². The van der Waals surface area contributed by atoms with Crippen LogP contribution in [-0.2, 0) is 0 Å². The summed E-state index contributed by atoms with van der Waals surface area (Å²) >= 11 is 6.07. The van der Waals surface area contributed by atoms with Gasteiger partial charge in [0.2, 0.25) is 0 Å². The van der Waals surface area contributed by atoms with Crippen molar-refractivity contribution in [3.63, 3.8) is 0 Å². The number of hydrogen-bond acceptors (Lipinski definition) is 4. The Morgan fingerprint density at radius 2 is 2.00 bits per heavy atom. The largest absolute Gasteiger partial charge is 0.337 e. The van der Waals surface area contributed by atoms with Gasteiger partial charge in [-0.3, -0.25) is 9.78 Å². The molecule has 0 spiro atoms. The number of pyridine rings is 2. The maximum Gasteiger partial charge on any atom is 0.257 e. The summed E-state index contributed by atoms with van der Waals surface area (Å²) in [5.74, 6) is 0.411. The van der Waals surface area contributed by atoms with Gasteiger partial charge in [0.25, 0.3) is 5.91 Å². The molecule has 0 bridgehead atoms. The topological polar surface area (TPSA) is 83.6 Å². The molecule has 26 heavy (non-hydrogen) atoms. The number of imidazole rings is 1. The van der Waals surface area contributed by atoms with Gasteiger partial charge in [-0.25, -0.2) is 9.97 Å². The third-order valence-electron chi connectivity index (χ3n) is 3.88. The van der Waals surface area contributed by atoms with Gasteiger partial charge in [0.15, 0.2) is 5.65 Å². The minimum Gasteiger partial charge on any atom is -0.337 e. The zero-order valence-electron chi connectivity index (χ0n) is 13.8. The average Bonchev–Trinajstić information content (AvgIpc) is 3.05. The predicted octanol–water partition coefficient (Wildman–Crippen LogP) is 4.23. The van der Waals surface area contributed by atoms with Gasteiger partial charge in [-0.1, -0.05) is 23.7 Å². The van der Waals surface area contributed by atoms with E-state index >= 15 is 0 Å². The van der Waals surface area contributed by atoms with E-state index in [0.717, 1.165) is 16.8 Å². The molecule has 0 saturated heterocycles. The van der Waals surface area contributed by atoms with Crippen molar-refractivity contribution in [1.82, 2.24) is 19.9 Å². The molecule has 2 N–H and O–H groups in total. The summed E-state index contributed by atoms with van der Waals surface area (Å²) < 4.78 is 0. The Kier molecular flexibility index (Phi) is 4.10. The summed E-state index contributed by atoms with van der Waals surface area (Å²) in [6.07, 6.45) is 3.31. The second-order valence-electron chi connectivity index (χ2n) is 5.80. The van der Waals surface area contributed by atoms with E-state index < -0.39 is 0 Å². The number of rotatable bonds is 3. The van der Waals surface area contributed by atoms with Crippen LogP contribution in [0, 0.1) is 6.92 Å². The zero-order valence-corrected chi connectivity index (χ0v) is 14.6. The number of nitrogens with one attached hydrogen (secondary N) is 2. The van der Waals surface area contributed by atoms with Gasteiger partial charge in [-0.2, -0.15) is 0 Å². The number of benzene rings is 1. The fourth-order valence-electron chi connectivity index (χ4n) is 2.64. The normalized spacial score (nSPS) is 10.8. The maximum atomic E-state index is 12.4. The highest BCUT2D eigenvalue weighted by atomic mass is 35.5. The monoisotopic (exact) mass is 363 g/mol. The number of H-pyrrole nitrogens is 1. The Bertz CT molecular complexity index is 1120. The van der Waals surface area contributed by atoms with E-state index in [2.05, 4.69) is 25.3 Å². The van der Waals surface area contributed by atoms with Crippen LogP contribution in [0.2, 0.25) is 5.02 Å². The molecule has 0 radical (unpaired) electrons. The number of anilines is 1. The van der Waals surface area contributed by atoms with Crippen LogP contribution in [-0.4, -0.2) is 25.8 Å². The third kappa shape index (κ3) is 3.14. The van der Waals surface area contributed by atoms with Gasteiger partial charge >= 0.3 is 0 Å². The summed E-state index contributed by atoms with van der Waals surface area (Å²) in [7, 11) is 0. The first-order valence-corrected chi connectivity index (χ1v) is 8.32. The van der Waals surface area contributed by atoms with E-state index in [9.17, 15) is 4.79 Å². The van der Waals surface area contributed by atoms with Crippen LogP contribution in [0.5, 0.6) is 0 Å². The molecule has 0 saturated carbocycles. The summed E-state index contributed by atoms with van der Waals surface area (Å²) in [4.78, 5) is 28.6. The number of carbonyl (C=O) groups is 1. The van der Waals surface area contributed by atoms with Crippen molar-refractivity contribution in [2.24, 2.45) is 0 Å². The first kappa shape index (κ1) is 16.2. The highest BCUT2D eigenvalue weighted by Gasteiger charge is 2.12. The molecular weight excluding hydrogens is 350 g/mol. The lowest BCUT2D eigenvalue weighted by Gasteiger charge is -2.06. The Balaban J connectivity index is 1.64. The van der Waals surface area contributed by atoms with Crippen LogP contribution in [0.25, 0.3) is 22.6 Å². The number of aromatic amines is 1. The Morgan fingerprint density at radius 1 is 1.15 bits per heavy atom. The minimum absolute atomic E-state index is 0.291. The Morgan fingerprint density at radius 3 is 2.81 bits per heavy atom. The first-order valence-electron chi connectivity index (χ1n) is 7.95. The maximum absolute atomic E-state index is 12.4. The third-order valence-corrected chi connectivity index (χ3v) is 4.21. The van der Waals surface area contributed by atoms with Crippen LogP contribution >= 0.6 is 11.6 Å². The summed E-state index contributed by atoms with van der Waals surface area (Å²) in [5, 5.41) is 3.20. The zero-order chi connectivity index (χ0) is 18.1. The number of fused-ring (bicyclic) bond motifs is 1. The molecular formula is C19H14ClN5O. The summed E-state index contributed by atoms with van der Waals surface area (Å²) in [5.41, 5.74) is 4.10. The van der Waals surface area contributed by atoms with Gasteiger partial charge in [-0.15, -0.1) is 0 Å². The van der Waals surface area contributed by atoms with Crippen molar-refractivity contribution >= 4 is 34.4 Å². The van der Waals surface area contributed by atoms with Crippen molar-refractivity contribution in [2.75, 3.05) is 5.32 Å². The summed E-state index contributed by atoms with van der Waals surface area (Å²) in [6.45, 7) is 1.92. The number of aryl methyl sites for hydroxylation is 1. The van der Waals surface area contributed by atoms with E-state index in [-0.39, 0.29) is 5.91 Å². The fourth-order valence-corrected chi connectivity index (χ4v) is 2.86. The lowest BCUT2D eigenvalue weighted by atomic mass is 10.2. The van der Waals surface area contributed by atoms with E-state index in [4.69, 9.17) is 11.6 Å². The quantitative estimate of drug-likeness (QED) is 0.570. The second-order valence-corrected chi connectivity index (χ2v) is 6.21. The lowest BCUT2D eigenvalue weighted by molar-refractivity contribution is 0.102. The Hall–Kier alpha value is -3.25. The smallest absolute Gasteiger partial charge is 0.257 e. The number of halogens is 1. The minimum atomic E-state index is -0.291. The average molecular weight is 364 g/mol. The number of hydrogen-bond donors (Lipinski definition) is 2. The lowest BCUT2D eigenvalue weighted by Crippen LogP contribution is -2.12. The molecule has 0 aliphatic rings. The van der Waals surface area contributed by atoms with Gasteiger partial charge in [0.05, 0.1) is 28.0 Å². The molecule has 0 aliphatic carbocycles. The van der Waals surface area contributed by atoms with E-state index in [1.807, 2.05) is 19.1 Å². The van der Waals surface area contributed by atoms with E-state index in [0.29, 0.717) is 27.7 Å². The molecule has 0 aliphatic heterocycles. The fraction of sp³-hybridized carbons (Fsp3) is 0.0526. The van der Waals surface area contributed by atoms with Crippen LogP contribution in [0.15, 0.2) is 54.9 Å². The van der Waals surface area contributed by atoms with Gasteiger partial charge in [0, 0.05) is 17.5 Å². The number of amides is 1. The number of nitrogens with zero attached hydrogens (tertiary/aromatic N) is 3. The standard InChI is InChI=1S/C19H14ClN5O/c1-11-8-12(6-7-21-11)17-24-16-9-13(10-22-18(16)25-17)23-19(26)14-4-2-3-5-15(14)20/h2-10H,1H3,(H,23,26)(H,22,24,25). The molecule has 3 heterocycles. The van der Waals surface area contributed by atoms with Crippen LogP contribution in [0.4, 0.5) is 5.69 Å². The Labute approximate surface area is 154 Å². The second kappa shape index (κ2) is 6.57. The molecule has 0 unspecified atom stereocenters.